The minimum Gasteiger partial charge on any atom is -0.394 e. The van der Waals surface area contributed by atoms with Gasteiger partial charge in [-0.05, 0) is 35.7 Å². The van der Waals surface area contributed by atoms with Crippen LogP contribution in [0.3, 0.4) is 0 Å². The van der Waals surface area contributed by atoms with Crippen LogP contribution in [0.4, 0.5) is 10.2 Å². The first-order valence-electron chi connectivity index (χ1n) is 7.20. The van der Waals surface area contributed by atoms with Gasteiger partial charge in [0.1, 0.15) is 17.2 Å². The smallest absolute Gasteiger partial charge is 0.225 e. The molecule has 1 heterocycles. The third kappa shape index (κ3) is 3.57. The summed E-state index contributed by atoms with van der Waals surface area (Å²) in [7, 11) is 0. The number of nitrogens with zero attached hydrogens (tertiary/aromatic N) is 2. The number of fused-ring (bicyclic) bond motifs is 1. The largest absolute Gasteiger partial charge is 0.394 e. The Balaban J connectivity index is 1.92. The average Bonchev–Trinajstić information content (AvgIpc) is 2.56. The number of nitrogens with one attached hydrogen (secondary N) is 1. The maximum Gasteiger partial charge on any atom is 0.225 e. The van der Waals surface area contributed by atoms with E-state index in [0.717, 1.165) is 5.56 Å². The van der Waals surface area contributed by atoms with E-state index in [4.69, 9.17) is 11.6 Å². The van der Waals surface area contributed by atoms with Crippen molar-refractivity contribution in [2.75, 3.05) is 11.9 Å². The standard InChI is InChI=1S/C17H15ClFN3O/c18-17-21-15-13(7-4-8-14(15)19)16(22-17)20-12(10-23)9-11-5-2-1-3-6-11/h1-8,12,23H,9-10H2,(H,20,21,22). The molecule has 0 amide bonds. The summed E-state index contributed by atoms with van der Waals surface area (Å²) in [4.78, 5) is 8.07. The number of rotatable bonds is 5. The summed E-state index contributed by atoms with van der Waals surface area (Å²) in [6.45, 7) is -0.0900. The summed E-state index contributed by atoms with van der Waals surface area (Å²) in [5.41, 5.74) is 1.24. The van der Waals surface area contributed by atoms with E-state index in [0.29, 0.717) is 17.6 Å². The van der Waals surface area contributed by atoms with Crippen molar-refractivity contribution in [1.29, 1.82) is 0 Å². The fourth-order valence-electron chi connectivity index (χ4n) is 2.45. The Morgan fingerprint density at radius 1 is 1.09 bits per heavy atom. The van der Waals surface area contributed by atoms with Gasteiger partial charge >= 0.3 is 0 Å². The topological polar surface area (TPSA) is 58.0 Å². The van der Waals surface area contributed by atoms with Crippen LogP contribution in [0, 0.1) is 5.82 Å². The summed E-state index contributed by atoms with van der Waals surface area (Å²) in [5.74, 6) is -0.0482. The molecular weight excluding hydrogens is 317 g/mol. The zero-order valence-electron chi connectivity index (χ0n) is 12.2. The molecule has 0 aliphatic rings. The van der Waals surface area contributed by atoms with Crippen LogP contribution < -0.4 is 5.32 Å². The molecule has 0 saturated carbocycles. The van der Waals surface area contributed by atoms with Gasteiger partial charge in [-0.3, -0.25) is 0 Å². The van der Waals surface area contributed by atoms with E-state index in [9.17, 15) is 9.50 Å². The third-order valence-electron chi connectivity index (χ3n) is 3.54. The zero-order valence-corrected chi connectivity index (χ0v) is 13.0. The van der Waals surface area contributed by atoms with Crippen LogP contribution in [0.15, 0.2) is 48.5 Å². The van der Waals surface area contributed by atoms with Crippen molar-refractivity contribution in [3.05, 3.63) is 65.2 Å². The summed E-state index contributed by atoms with van der Waals surface area (Å²) in [6.07, 6.45) is 0.607. The van der Waals surface area contributed by atoms with Gasteiger partial charge in [0.05, 0.1) is 12.6 Å². The molecule has 2 N–H and O–H groups in total. The lowest BCUT2D eigenvalue weighted by molar-refractivity contribution is 0.273. The number of halogens is 2. The molecule has 1 unspecified atom stereocenters. The molecule has 118 valence electrons. The van der Waals surface area contributed by atoms with Crippen molar-refractivity contribution >= 4 is 28.3 Å². The minimum atomic E-state index is -0.460. The average molecular weight is 332 g/mol. The number of aromatic nitrogens is 2. The SMILES string of the molecule is OCC(Cc1ccccc1)Nc1nc(Cl)nc2c(F)cccc12. The van der Waals surface area contributed by atoms with E-state index < -0.39 is 5.82 Å². The number of aliphatic hydroxyl groups excluding tert-OH is 1. The van der Waals surface area contributed by atoms with Crippen molar-refractivity contribution in [3.63, 3.8) is 0 Å². The molecule has 6 heteroatoms. The maximum atomic E-state index is 13.9. The Labute approximate surface area is 138 Å². The van der Waals surface area contributed by atoms with Gasteiger partial charge in [-0.2, -0.15) is 0 Å². The number of hydrogen-bond donors (Lipinski definition) is 2. The molecule has 3 rings (SSSR count). The summed E-state index contributed by atoms with van der Waals surface area (Å²) >= 11 is 5.89. The maximum absolute atomic E-state index is 13.9. The molecule has 0 aliphatic carbocycles. The molecule has 3 aromatic rings. The van der Waals surface area contributed by atoms with E-state index in [2.05, 4.69) is 15.3 Å². The van der Waals surface area contributed by atoms with Gasteiger partial charge in [0.25, 0.3) is 0 Å². The Morgan fingerprint density at radius 3 is 2.61 bits per heavy atom. The molecule has 0 aliphatic heterocycles. The Bertz CT molecular complexity index is 814. The van der Waals surface area contributed by atoms with E-state index in [1.165, 1.54) is 6.07 Å². The van der Waals surface area contributed by atoms with Gasteiger partial charge in [-0.1, -0.05) is 36.4 Å². The molecule has 1 aromatic heterocycles. The molecule has 23 heavy (non-hydrogen) atoms. The molecule has 4 nitrogen and oxygen atoms in total. The number of para-hydroxylation sites is 1. The number of hydrogen-bond acceptors (Lipinski definition) is 4. The summed E-state index contributed by atoms with van der Waals surface area (Å²) < 4.78 is 13.9. The van der Waals surface area contributed by atoms with Crippen LogP contribution in [0.25, 0.3) is 10.9 Å². The molecule has 0 spiro atoms. The first kappa shape index (κ1) is 15.6. The van der Waals surface area contributed by atoms with E-state index in [1.54, 1.807) is 12.1 Å². The second-order valence-corrected chi connectivity index (χ2v) is 5.53. The van der Waals surface area contributed by atoms with Crippen LogP contribution in [0.5, 0.6) is 0 Å². The highest BCUT2D eigenvalue weighted by Gasteiger charge is 2.14. The molecule has 0 saturated heterocycles. The number of anilines is 1. The molecule has 2 aromatic carbocycles. The van der Waals surface area contributed by atoms with Crippen LogP contribution in [0.2, 0.25) is 5.28 Å². The summed E-state index contributed by atoms with van der Waals surface area (Å²) in [5, 5.41) is 13.3. The molecule has 1 atom stereocenters. The highest BCUT2D eigenvalue weighted by Crippen LogP contribution is 2.25. The third-order valence-corrected chi connectivity index (χ3v) is 3.71. The quantitative estimate of drug-likeness (QED) is 0.703. The highest BCUT2D eigenvalue weighted by atomic mass is 35.5. The zero-order chi connectivity index (χ0) is 16.2. The highest BCUT2D eigenvalue weighted by molar-refractivity contribution is 6.28. The first-order chi connectivity index (χ1) is 11.2. The number of benzene rings is 2. The van der Waals surface area contributed by atoms with Gasteiger partial charge in [0.2, 0.25) is 5.28 Å². The van der Waals surface area contributed by atoms with Crippen LogP contribution in [-0.4, -0.2) is 27.7 Å². The normalized spacial score (nSPS) is 12.3. The van der Waals surface area contributed by atoms with Gasteiger partial charge in [-0.25, -0.2) is 14.4 Å². The van der Waals surface area contributed by atoms with E-state index >= 15 is 0 Å². The minimum absolute atomic E-state index is 0.0403. The van der Waals surface area contributed by atoms with Gasteiger partial charge in [0.15, 0.2) is 0 Å². The fraction of sp³-hybridized carbons (Fsp3) is 0.176. The van der Waals surface area contributed by atoms with Crippen molar-refractivity contribution in [1.82, 2.24) is 9.97 Å². The fourth-order valence-corrected chi connectivity index (χ4v) is 2.62. The van der Waals surface area contributed by atoms with Crippen molar-refractivity contribution in [2.24, 2.45) is 0 Å². The summed E-state index contributed by atoms with van der Waals surface area (Å²) in [6, 6.07) is 14.1. The Morgan fingerprint density at radius 2 is 1.87 bits per heavy atom. The monoisotopic (exact) mass is 331 g/mol. The lowest BCUT2D eigenvalue weighted by Crippen LogP contribution is -2.27. The lowest BCUT2D eigenvalue weighted by Gasteiger charge is -2.18. The van der Waals surface area contributed by atoms with Crippen LogP contribution >= 0.6 is 11.6 Å². The molecule has 0 radical (unpaired) electrons. The second kappa shape index (κ2) is 6.89. The molecule has 0 bridgehead atoms. The van der Waals surface area contributed by atoms with Crippen LogP contribution in [-0.2, 0) is 6.42 Å². The van der Waals surface area contributed by atoms with Gasteiger partial charge < -0.3 is 10.4 Å². The van der Waals surface area contributed by atoms with Crippen molar-refractivity contribution in [3.8, 4) is 0 Å². The predicted octanol–water partition coefficient (Wildman–Crippen LogP) is 3.44. The van der Waals surface area contributed by atoms with Crippen LogP contribution in [0.1, 0.15) is 5.56 Å². The van der Waals surface area contributed by atoms with Gasteiger partial charge in [-0.15, -0.1) is 0 Å². The van der Waals surface area contributed by atoms with E-state index in [-0.39, 0.29) is 23.4 Å². The van der Waals surface area contributed by atoms with Crippen molar-refractivity contribution in [2.45, 2.75) is 12.5 Å². The Hall–Kier alpha value is -2.24. The second-order valence-electron chi connectivity index (χ2n) is 5.19. The number of aliphatic hydroxyl groups is 1. The Kier molecular flexibility index (Phi) is 4.69. The molecule has 0 fully saturated rings. The first-order valence-corrected chi connectivity index (χ1v) is 7.58. The van der Waals surface area contributed by atoms with Crippen molar-refractivity contribution < 1.29 is 9.50 Å². The predicted molar refractivity (Wildman–Crippen MR) is 89.1 cm³/mol. The molecular formula is C17H15ClFN3O. The lowest BCUT2D eigenvalue weighted by atomic mass is 10.1. The van der Waals surface area contributed by atoms with E-state index in [1.807, 2.05) is 30.3 Å². The van der Waals surface area contributed by atoms with Gasteiger partial charge in [0, 0.05) is 5.39 Å².